The zero-order valence-corrected chi connectivity index (χ0v) is 15.9. The van der Waals surface area contributed by atoms with Gasteiger partial charge in [-0.05, 0) is 24.7 Å². The molecule has 7 heteroatoms. The number of aryl methyl sites for hydroxylation is 1. The van der Waals surface area contributed by atoms with E-state index in [0.717, 1.165) is 35.4 Å². The van der Waals surface area contributed by atoms with Crippen molar-refractivity contribution in [3.05, 3.63) is 52.0 Å². The molecule has 132 valence electrons. The summed E-state index contributed by atoms with van der Waals surface area (Å²) in [5.74, 6) is 0.150. The van der Waals surface area contributed by atoms with Crippen LogP contribution in [0, 0.1) is 6.92 Å². The number of benzene rings is 1. The molecule has 0 spiro atoms. The average molecular weight is 375 g/mol. The molecule has 0 radical (unpaired) electrons. The molecule has 0 saturated carbocycles. The fourth-order valence-corrected chi connectivity index (χ4v) is 3.79. The third kappa shape index (κ3) is 4.99. The van der Waals surface area contributed by atoms with Gasteiger partial charge in [0, 0.05) is 43.8 Å². The molecule has 0 bridgehead atoms. The van der Waals surface area contributed by atoms with Gasteiger partial charge < -0.3 is 15.1 Å². The standard InChI is InChI=1S/C18H22N4OS2/c1-14-13-25-16(20-14)11-17(23)21-7-9-22(10-8-21)18(24)19-12-15-5-3-2-4-6-15/h2-6,13H,7-12H2,1H3,(H,19,24). The molecule has 1 saturated heterocycles. The van der Waals surface area contributed by atoms with Gasteiger partial charge >= 0.3 is 0 Å². The minimum atomic E-state index is 0.150. The Balaban J connectivity index is 1.43. The molecule has 1 N–H and O–H groups in total. The van der Waals surface area contributed by atoms with E-state index in [9.17, 15) is 4.79 Å². The van der Waals surface area contributed by atoms with Crippen LogP contribution in [-0.2, 0) is 17.8 Å². The number of carbonyl (C=O) groups is 1. The topological polar surface area (TPSA) is 48.5 Å². The lowest BCUT2D eigenvalue weighted by molar-refractivity contribution is -0.131. The van der Waals surface area contributed by atoms with E-state index in [4.69, 9.17) is 12.2 Å². The monoisotopic (exact) mass is 374 g/mol. The quantitative estimate of drug-likeness (QED) is 0.832. The maximum Gasteiger partial charge on any atom is 0.229 e. The first kappa shape index (κ1) is 17.8. The first-order valence-electron chi connectivity index (χ1n) is 8.37. The lowest BCUT2D eigenvalue weighted by Crippen LogP contribution is -2.53. The van der Waals surface area contributed by atoms with Gasteiger partial charge in [-0.3, -0.25) is 4.79 Å². The number of piperazine rings is 1. The minimum absolute atomic E-state index is 0.150. The second-order valence-electron chi connectivity index (χ2n) is 6.07. The largest absolute Gasteiger partial charge is 0.358 e. The van der Waals surface area contributed by atoms with E-state index >= 15 is 0 Å². The van der Waals surface area contributed by atoms with E-state index in [1.807, 2.05) is 35.4 Å². The van der Waals surface area contributed by atoms with Crippen LogP contribution in [0.1, 0.15) is 16.3 Å². The van der Waals surface area contributed by atoms with Gasteiger partial charge in [0.25, 0.3) is 0 Å². The van der Waals surface area contributed by atoms with Crippen molar-refractivity contribution in [2.45, 2.75) is 19.9 Å². The van der Waals surface area contributed by atoms with E-state index < -0.39 is 0 Å². The Kier molecular flexibility index (Phi) is 5.99. The molecule has 1 aromatic heterocycles. The highest BCUT2D eigenvalue weighted by molar-refractivity contribution is 7.80. The van der Waals surface area contributed by atoms with Crippen LogP contribution in [0.3, 0.4) is 0 Å². The summed E-state index contributed by atoms with van der Waals surface area (Å²) in [5.41, 5.74) is 2.19. The summed E-state index contributed by atoms with van der Waals surface area (Å²) in [5, 5.41) is 6.93. The number of aromatic nitrogens is 1. The number of nitrogens with one attached hydrogen (secondary N) is 1. The smallest absolute Gasteiger partial charge is 0.229 e. The molecule has 0 aliphatic carbocycles. The first-order chi connectivity index (χ1) is 12.1. The summed E-state index contributed by atoms with van der Waals surface area (Å²) in [6, 6.07) is 10.2. The van der Waals surface area contributed by atoms with Gasteiger partial charge in [-0.1, -0.05) is 30.3 Å². The fourth-order valence-electron chi connectivity index (χ4n) is 2.77. The van der Waals surface area contributed by atoms with E-state index in [-0.39, 0.29) is 5.91 Å². The average Bonchev–Trinajstić information content (AvgIpc) is 3.05. The second-order valence-corrected chi connectivity index (χ2v) is 7.40. The lowest BCUT2D eigenvalue weighted by atomic mass is 10.2. The molecular weight excluding hydrogens is 352 g/mol. The van der Waals surface area contributed by atoms with E-state index in [2.05, 4.69) is 27.3 Å². The molecule has 1 aliphatic rings. The fraction of sp³-hybridized carbons (Fsp3) is 0.389. The number of thiocarbonyl (C=S) groups is 1. The highest BCUT2D eigenvalue weighted by Gasteiger charge is 2.23. The van der Waals surface area contributed by atoms with Gasteiger partial charge in [-0.25, -0.2) is 4.98 Å². The molecule has 1 aromatic carbocycles. The van der Waals surface area contributed by atoms with Gasteiger partial charge in [-0.2, -0.15) is 0 Å². The molecule has 0 unspecified atom stereocenters. The van der Waals surface area contributed by atoms with Crippen LogP contribution in [0.4, 0.5) is 0 Å². The van der Waals surface area contributed by atoms with Crippen molar-refractivity contribution in [2.24, 2.45) is 0 Å². The van der Waals surface area contributed by atoms with Crippen molar-refractivity contribution >= 4 is 34.6 Å². The Hall–Kier alpha value is -1.99. The Labute approximate surface area is 157 Å². The number of hydrogen-bond acceptors (Lipinski definition) is 4. The van der Waals surface area contributed by atoms with Crippen LogP contribution < -0.4 is 5.32 Å². The van der Waals surface area contributed by atoms with Crippen LogP contribution in [0.5, 0.6) is 0 Å². The molecular formula is C18H22N4OS2. The number of rotatable bonds is 4. The number of thiazole rings is 1. The maximum absolute atomic E-state index is 12.4. The summed E-state index contributed by atoms with van der Waals surface area (Å²) >= 11 is 7.04. The number of amides is 1. The first-order valence-corrected chi connectivity index (χ1v) is 9.66. The molecule has 3 rings (SSSR count). The van der Waals surface area contributed by atoms with Gasteiger partial charge in [0.2, 0.25) is 5.91 Å². The zero-order valence-electron chi connectivity index (χ0n) is 14.3. The summed E-state index contributed by atoms with van der Waals surface area (Å²) in [7, 11) is 0. The minimum Gasteiger partial charge on any atom is -0.358 e. The molecule has 5 nitrogen and oxygen atoms in total. The van der Waals surface area contributed by atoms with Crippen LogP contribution in [0.25, 0.3) is 0 Å². The van der Waals surface area contributed by atoms with E-state index in [0.29, 0.717) is 19.5 Å². The molecule has 0 atom stereocenters. The second kappa shape index (κ2) is 8.40. The summed E-state index contributed by atoms with van der Waals surface area (Å²) in [6.07, 6.45) is 0.398. The highest BCUT2D eigenvalue weighted by atomic mass is 32.1. The van der Waals surface area contributed by atoms with Crippen molar-refractivity contribution in [1.82, 2.24) is 20.1 Å². The Morgan fingerprint density at radius 3 is 2.52 bits per heavy atom. The maximum atomic E-state index is 12.4. The van der Waals surface area contributed by atoms with Crippen LogP contribution >= 0.6 is 23.6 Å². The molecule has 2 aromatic rings. The van der Waals surface area contributed by atoms with Crippen LogP contribution in [-0.4, -0.2) is 52.0 Å². The molecule has 1 aliphatic heterocycles. The predicted octanol–water partition coefficient (Wildman–Crippen LogP) is 2.21. The molecule has 25 heavy (non-hydrogen) atoms. The Morgan fingerprint density at radius 2 is 1.88 bits per heavy atom. The van der Waals surface area contributed by atoms with Crippen LogP contribution in [0.2, 0.25) is 0 Å². The Morgan fingerprint density at radius 1 is 1.20 bits per heavy atom. The van der Waals surface area contributed by atoms with Crippen molar-refractivity contribution in [1.29, 1.82) is 0 Å². The van der Waals surface area contributed by atoms with Gasteiger partial charge in [0.15, 0.2) is 5.11 Å². The van der Waals surface area contributed by atoms with Crippen molar-refractivity contribution in [2.75, 3.05) is 26.2 Å². The number of hydrogen-bond donors (Lipinski definition) is 1. The van der Waals surface area contributed by atoms with Gasteiger partial charge in [0.1, 0.15) is 5.01 Å². The Bertz CT molecular complexity index is 724. The SMILES string of the molecule is Cc1csc(CC(=O)N2CCN(C(=S)NCc3ccccc3)CC2)n1. The molecule has 1 amide bonds. The number of carbonyl (C=O) groups excluding carboxylic acids is 1. The zero-order chi connectivity index (χ0) is 17.6. The molecule has 2 heterocycles. The van der Waals surface area contributed by atoms with Crippen molar-refractivity contribution in [3.63, 3.8) is 0 Å². The normalized spacial score (nSPS) is 14.4. The van der Waals surface area contributed by atoms with Crippen LogP contribution in [0.15, 0.2) is 35.7 Å². The number of nitrogens with zero attached hydrogens (tertiary/aromatic N) is 3. The third-order valence-corrected chi connectivity index (χ3v) is 5.54. The van der Waals surface area contributed by atoms with E-state index in [1.165, 1.54) is 5.56 Å². The summed E-state index contributed by atoms with van der Waals surface area (Å²) in [4.78, 5) is 20.8. The van der Waals surface area contributed by atoms with E-state index in [1.54, 1.807) is 11.3 Å². The highest BCUT2D eigenvalue weighted by Crippen LogP contribution is 2.12. The summed E-state index contributed by atoms with van der Waals surface area (Å²) in [6.45, 7) is 5.62. The third-order valence-electron chi connectivity index (χ3n) is 4.18. The summed E-state index contributed by atoms with van der Waals surface area (Å²) < 4.78 is 0. The lowest BCUT2D eigenvalue weighted by Gasteiger charge is -2.36. The van der Waals surface area contributed by atoms with Gasteiger partial charge in [0.05, 0.1) is 6.42 Å². The predicted molar refractivity (Wildman–Crippen MR) is 105 cm³/mol. The molecule has 1 fully saturated rings. The van der Waals surface area contributed by atoms with Gasteiger partial charge in [-0.15, -0.1) is 11.3 Å². The van der Waals surface area contributed by atoms with Crippen molar-refractivity contribution < 1.29 is 4.79 Å². The van der Waals surface area contributed by atoms with Crippen molar-refractivity contribution in [3.8, 4) is 0 Å².